The quantitative estimate of drug-likeness (QED) is 0.737. The molecule has 110 valence electrons. The fourth-order valence-electron chi connectivity index (χ4n) is 3.04. The van der Waals surface area contributed by atoms with Crippen LogP contribution in [0.5, 0.6) is 0 Å². The standard InChI is InChI=1S/C16H25N3O/c1-11-7-8-13(18)9-14(11)16(20)19-15(10-17)12-5-3-2-4-6-12/h7-9,12,15H,2-6,10,17-18H2,1H3,(H,19,20). The molecule has 1 amide bonds. The van der Waals surface area contributed by atoms with Crippen LogP contribution in [0.1, 0.15) is 48.0 Å². The Morgan fingerprint density at radius 1 is 1.35 bits per heavy atom. The number of hydrogen-bond donors (Lipinski definition) is 3. The van der Waals surface area contributed by atoms with E-state index in [4.69, 9.17) is 11.5 Å². The summed E-state index contributed by atoms with van der Waals surface area (Å²) in [6, 6.07) is 5.50. The predicted molar refractivity (Wildman–Crippen MR) is 82.5 cm³/mol. The molecule has 0 aromatic heterocycles. The van der Waals surface area contributed by atoms with Crippen molar-refractivity contribution < 1.29 is 4.79 Å². The van der Waals surface area contributed by atoms with Crippen molar-refractivity contribution in [2.75, 3.05) is 12.3 Å². The van der Waals surface area contributed by atoms with Gasteiger partial charge in [0, 0.05) is 23.8 Å². The third-order valence-electron chi connectivity index (χ3n) is 4.30. The normalized spacial score (nSPS) is 17.7. The molecule has 0 bridgehead atoms. The number of carbonyl (C=O) groups excluding carboxylic acids is 1. The van der Waals surface area contributed by atoms with Crippen molar-refractivity contribution in [2.24, 2.45) is 11.7 Å². The maximum atomic E-state index is 12.4. The molecule has 4 nitrogen and oxygen atoms in total. The summed E-state index contributed by atoms with van der Waals surface area (Å²) in [7, 11) is 0. The topological polar surface area (TPSA) is 81.1 Å². The molecule has 0 radical (unpaired) electrons. The lowest BCUT2D eigenvalue weighted by atomic mass is 9.83. The Balaban J connectivity index is 2.06. The zero-order valence-electron chi connectivity index (χ0n) is 12.2. The van der Waals surface area contributed by atoms with E-state index in [0.29, 0.717) is 23.7 Å². The molecule has 1 atom stereocenters. The number of nitrogens with two attached hydrogens (primary N) is 2. The average Bonchev–Trinajstić information content (AvgIpc) is 2.48. The van der Waals surface area contributed by atoms with E-state index < -0.39 is 0 Å². The Morgan fingerprint density at radius 2 is 2.05 bits per heavy atom. The van der Waals surface area contributed by atoms with E-state index in [-0.39, 0.29) is 11.9 Å². The summed E-state index contributed by atoms with van der Waals surface area (Å²) in [5.74, 6) is 0.454. The SMILES string of the molecule is Cc1ccc(N)cc1C(=O)NC(CN)C1CCCCC1. The molecule has 5 N–H and O–H groups in total. The van der Waals surface area contributed by atoms with Gasteiger partial charge in [-0.2, -0.15) is 0 Å². The number of aryl methyl sites for hydroxylation is 1. The zero-order valence-corrected chi connectivity index (χ0v) is 12.2. The van der Waals surface area contributed by atoms with Crippen LogP contribution in [-0.2, 0) is 0 Å². The van der Waals surface area contributed by atoms with Crippen molar-refractivity contribution in [2.45, 2.75) is 45.1 Å². The molecule has 1 aliphatic carbocycles. The summed E-state index contributed by atoms with van der Waals surface area (Å²) in [5.41, 5.74) is 13.8. The highest BCUT2D eigenvalue weighted by Gasteiger charge is 2.24. The minimum Gasteiger partial charge on any atom is -0.399 e. The summed E-state index contributed by atoms with van der Waals surface area (Å²) >= 11 is 0. The van der Waals surface area contributed by atoms with Gasteiger partial charge < -0.3 is 16.8 Å². The number of anilines is 1. The fourth-order valence-corrected chi connectivity index (χ4v) is 3.04. The molecule has 1 aliphatic rings. The highest BCUT2D eigenvalue weighted by atomic mass is 16.1. The largest absolute Gasteiger partial charge is 0.399 e. The number of carbonyl (C=O) groups is 1. The average molecular weight is 275 g/mol. The van der Waals surface area contributed by atoms with Crippen LogP contribution in [0.25, 0.3) is 0 Å². The lowest BCUT2D eigenvalue weighted by Gasteiger charge is -2.30. The molecular weight excluding hydrogens is 250 g/mol. The third-order valence-corrected chi connectivity index (χ3v) is 4.30. The second-order valence-corrected chi connectivity index (χ2v) is 5.79. The molecular formula is C16H25N3O. The lowest BCUT2D eigenvalue weighted by Crippen LogP contribution is -2.46. The Bertz CT molecular complexity index is 467. The maximum Gasteiger partial charge on any atom is 0.251 e. The van der Waals surface area contributed by atoms with Crippen LogP contribution < -0.4 is 16.8 Å². The van der Waals surface area contributed by atoms with E-state index in [0.717, 1.165) is 18.4 Å². The third kappa shape index (κ3) is 3.51. The number of rotatable bonds is 4. The molecule has 0 spiro atoms. The summed E-state index contributed by atoms with van der Waals surface area (Å²) < 4.78 is 0. The van der Waals surface area contributed by atoms with Gasteiger partial charge in [-0.25, -0.2) is 0 Å². The molecule has 1 unspecified atom stereocenters. The van der Waals surface area contributed by atoms with Gasteiger partial charge in [-0.15, -0.1) is 0 Å². The summed E-state index contributed by atoms with van der Waals surface area (Å²) in [6.07, 6.45) is 6.12. The molecule has 0 saturated heterocycles. The molecule has 0 heterocycles. The molecule has 4 heteroatoms. The molecule has 0 aliphatic heterocycles. The number of nitrogens with one attached hydrogen (secondary N) is 1. The van der Waals surface area contributed by atoms with Gasteiger partial charge in [-0.05, 0) is 43.4 Å². The first-order valence-corrected chi connectivity index (χ1v) is 7.49. The number of amides is 1. The van der Waals surface area contributed by atoms with Gasteiger partial charge in [0.05, 0.1) is 0 Å². The lowest BCUT2D eigenvalue weighted by molar-refractivity contribution is 0.0915. The first-order valence-electron chi connectivity index (χ1n) is 7.49. The van der Waals surface area contributed by atoms with E-state index in [9.17, 15) is 4.79 Å². The maximum absolute atomic E-state index is 12.4. The molecule has 1 aromatic carbocycles. The van der Waals surface area contributed by atoms with Crippen molar-refractivity contribution in [3.05, 3.63) is 29.3 Å². The Hall–Kier alpha value is -1.55. The van der Waals surface area contributed by atoms with Crippen molar-refractivity contribution in [3.63, 3.8) is 0 Å². The van der Waals surface area contributed by atoms with E-state index in [1.165, 1.54) is 19.3 Å². The van der Waals surface area contributed by atoms with Crippen LogP contribution >= 0.6 is 0 Å². The fraction of sp³-hybridized carbons (Fsp3) is 0.562. The van der Waals surface area contributed by atoms with Crippen LogP contribution in [0, 0.1) is 12.8 Å². The van der Waals surface area contributed by atoms with Crippen LogP contribution in [-0.4, -0.2) is 18.5 Å². The van der Waals surface area contributed by atoms with Gasteiger partial charge in [0.1, 0.15) is 0 Å². The van der Waals surface area contributed by atoms with Crippen LogP contribution in [0.15, 0.2) is 18.2 Å². The van der Waals surface area contributed by atoms with Crippen LogP contribution in [0.4, 0.5) is 5.69 Å². The number of benzene rings is 1. The highest BCUT2D eigenvalue weighted by Crippen LogP contribution is 2.26. The Labute approximate surface area is 120 Å². The van der Waals surface area contributed by atoms with Crippen molar-refractivity contribution in [1.82, 2.24) is 5.32 Å². The van der Waals surface area contributed by atoms with Gasteiger partial charge in [0.25, 0.3) is 5.91 Å². The monoisotopic (exact) mass is 275 g/mol. The van der Waals surface area contributed by atoms with Gasteiger partial charge in [-0.1, -0.05) is 25.3 Å². The molecule has 2 rings (SSSR count). The van der Waals surface area contributed by atoms with Crippen molar-refractivity contribution >= 4 is 11.6 Å². The van der Waals surface area contributed by atoms with Crippen LogP contribution in [0.3, 0.4) is 0 Å². The minimum atomic E-state index is -0.0594. The molecule has 1 saturated carbocycles. The van der Waals surface area contributed by atoms with Gasteiger partial charge in [0.15, 0.2) is 0 Å². The predicted octanol–water partition coefficient (Wildman–Crippen LogP) is 2.21. The van der Waals surface area contributed by atoms with E-state index in [1.54, 1.807) is 6.07 Å². The van der Waals surface area contributed by atoms with Gasteiger partial charge >= 0.3 is 0 Å². The molecule has 20 heavy (non-hydrogen) atoms. The van der Waals surface area contributed by atoms with E-state index in [1.807, 2.05) is 19.1 Å². The summed E-state index contributed by atoms with van der Waals surface area (Å²) in [4.78, 5) is 12.4. The van der Waals surface area contributed by atoms with Gasteiger partial charge in [0.2, 0.25) is 0 Å². The molecule has 1 aromatic rings. The smallest absolute Gasteiger partial charge is 0.251 e. The summed E-state index contributed by atoms with van der Waals surface area (Å²) in [5, 5.41) is 3.10. The second kappa shape index (κ2) is 6.75. The highest BCUT2D eigenvalue weighted by molar-refractivity contribution is 5.96. The minimum absolute atomic E-state index is 0.0594. The van der Waals surface area contributed by atoms with E-state index in [2.05, 4.69) is 5.32 Å². The number of hydrogen-bond acceptors (Lipinski definition) is 3. The van der Waals surface area contributed by atoms with Crippen LogP contribution in [0.2, 0.25) is 0 Å². The zero-order chi connectivity index (χ0) is 14.5. The van der Waals surface area contributed by atoms with Gasteiger partial charge in [-0.3, -0.25) is 4.79 Å². The Kier molecular flexibility index (Phi) is 5.01. The molecule has 1 fully saturated rings. The Morgan fingerprint density at radius 3 is 2.70 bits per heavy atom. The first-order chi connectivity index (χ1) is 9.61. The number of nitrogen functional groups attached to an aromatic ring is 1. The van der Waals surface area contributed by atoms with Crippen molar-refractivity contribution in [3.8, 4) is 0 Å². The van der Waals surface area contributed by atoms with E-state index >= 15 is 0 Å². The second-order valence-electron chi connectivity index (χ2n) is 5.79. The van der Waals surface area contributed by atoms with Crippen molar-refractivity contribution in [1.29, 1.82) is 0 Å². The summed E-state index contributed by atoms with van der Waals surface area (Å²) in [6.45, 7) is 2.42. The first kappa shape index (κ1) is 14.9.